The first-order chi connectivity index (χ1) is 9.56. The number of carbonyl (C=O) groups excluding carboxylic acids is 1. The second kappa shape index (κ2) is 4.85. The fourth-order valence-electron chi connectivity index (χ4n) is 1.72. The van der Waals surface area contributed by atoms with Gasteiger partial charge < -0.3 is 15.5 Å². The van der Waals surface area contributed by atoms with Gasteiger partial charge in [0.05, 0.1) is 16.9 Å². The topological polar surface area (TPSA) is 104 Å². The molecule has 0 unspecified atom stereocenters. The van der Waals surface area contributed by atoms with Crippen molar-refractivity contribution in [2.75, 3.05) is 6.54 Å². The first-order valence-electron chi connectivity index (χ1n) is 5.60. The summed E-state index contributed by atoms with van der Waals surface area (Å²) in [6.45, 7) is -0.329. The SMILES string of the molecule is O=C(NC[C@H](O)C(=O)O)c1cc2c(nc3sccn32)s1. The molecule has 0 fully saturated rings. The van der Waals surface area contributed by atoms with Crippen LogP contribution in [0.15, 0.2) is 17.6 Å². The Morgan fingerprint density at radius 1 is 1.50 bits per heavy atom. The van der Waals surface area contributed by atoms with Crippen LogP contribution in [-0.2, 0) is 4.79 Å². The Hall–Kier alpha value is -1.97. The van der Waals surface area contributed by atoms with Gasteiger partial charge in [-0.05, 0) is 6.07 Å². The van der Waals surface area contributed by atoms with Crippen molar-refractivity contribution in [3.8, 4) is 0 Å². The molecule has 0 saturated carbocycles. The number of rotatable bonds is 4. The number of carbonyl (C=O) groups is 2. The standard InChI is InChI=1S/C11H9N3O4S2/c15-6(10(17)18)4-12-8(16)7-3-5-9(20-7)13-11-14(5)1-2-19-11/h1-3,6,15H,4H2,(H,12,16)(H,17,18)/t6-/m0/s1. The smallest absolute Gasteiger partial charge is 0.334 e. The quantitative estimate of drug-likeness (QED) is 0.661. The number of thiazole rings is 1. The summed E-state index contributed by atoms with van der Waals surface area (Å²) < 4.78 is 1.89. The lowest BCUT2D eigenvalue weighted by Gasteiger charge is -2.06. The Bertz CT molecular complexity index is 803. The number of carboxylic acid groups (broad SMARTS) is 1. The van der Waals surface area contributed by atoms with Gasteiger partial charge in [0.15, 0.2) is 11.1 Å². The van der Waals surface area contributed by atoms with Crippen LogP contribution >= 0.6 is 22.7 Å². The van der Waals surface area contributed by atoms with E-state index >= 15 is 0 Å². The molecule has 7 nitrogen and oxygen atoms in total. The summed E-state index contributed by atoms with van der Waals surface area (Å²) in [4.78, 5) is 28.7. The van der Waals surface area contributed by atoms with E-state index in [2.05, 4.69) is 10.3 Å². The minimum Gasteiger partial charge on any atom is -0.479 e. The van der Waals surface area contributed by atoms with Crippen LogP contribution in [0.3, 0.4) is 0 Å². The van der Waals surface area contributed by atoms with E-state index in [1.165, 1.54) is 22.7 Å². The first-order valence-corrected chi connectivity index (χ1v) is 7.30. The number of imidazole rings is 1. The first kappa shape index (κ1) is 13.0. The molecule has 3 heterocycles. The van der Waals surface area contributed by atoms with Crippen LogP contribution in [0.4, 0.5) is 0 Å². The van der Waals surface area contributed by atoms with Crippen LogP contribution in [0.5, 0.6) is 0 Å². The van der Waals surface area contributed by atoms with Gasteiger partial charge in [0.1, 0.15) is 4.83 Å². The third kappa shape index (κ3) is 2.15. The molecule has 0 aliphatic rings. The van der Waals surface area contributed by atoms with Crippen LogP contribution in [0.1, 0.15) is 9.67 Å². The highest BCUT2D eigenvalue weighted by molar-refractivity contribution is 7.21. The maximum atomic E-state index is 11.9. The summed E-state index contributed by atoms with van der Waals surface area (Å²) in [5.41, 5.74) is 0.843. The predicted octanol–water partition coefficient (Wildman–Crippen LogP) is 0.786. The molecule has 1 atom stereocenters. The Balaban J connectivity index is 1.81. The number of hydrogen-bond acceptors (Lipinski definition) is 6. The summed E-state index contributed by atoms with van der Waals surface area (Å²) >= 11 is 2.74. The van der Waals surface area contributed by atoms with Gasteiger partial charge in [-0.1, -0.05) is 0 Å². The minimum atomic E-state index is -1.60. The molecular formula is C11H9N3O4S2. The van der Waals surface area contributed by atoms with Crippen molar-refractivity contribution in [1.82, 2.24) is 14.7 Å². The number of aliphatic hydroxyl groups excluding tert-OH is 1. The normalized spacial score (nSPS) is 12.8. The molecule has 0 aliphatic carbocycles. The van der Waals surface area contributed by atoms with Gasteiger partial charge in [-0.25, -0.2) is 9.78 Å². The number of thiophene rings is 1. The second-order valence-corrected chi connectivity index (χ2v) is 5.94. The van der Waals surface area contributed by atoms with Gasteiger partial charge >= 0.3 is 5.97 Å². The Morgan fingerprint density at radius 3 is 3.05 bits per heavy atom. The van der Waals surface area contributed by atoms with Crippen LogP contribution in [0.25, 0.3) is 15.3 Å². The lowest BCUT2D eigenvalue weighted by Crippen LogP contribution is -2.36. The van der Waals surface area contributed by atoms with E-state index in [4.69, 9.17) is 10.2 Å². The molecule has 0 saturated heterocycles. The third-order valence-electron chi connectivity index (χ3n) is 2.70. The zero-order valence-corrected chi connectivity index (χ0v) is 11.6. The fourth-order valence-corrected chi connectivity index (χ4v) is 3.44. The van der Waals surface area contributed by atoms with Gasteiger partial charge in [-0.2, -0.15) is 0 Å². The summed E-state index contributed by atoms with van der Waals surface area (Å²) in [5.74, 6) is -1.79. The highest BCUT2D eigenvalue weighted by Crippen LogP contribution is 2.28. The zero-order valence-electron chi connectivity index (χ0n) is 9.94. The lowest BCUT2D eigenvalue weighted by molar-refractivity contribution is -0.146. The number of aliphatic carboxylic acids is 1. The molecule has 0 bridgehead atoms. The van der Waals surface area contributed by atoms with Gasteiger partial charge in [-0.15, -0.1) is 22.7 Å². The van der Waals surface area contributed by atoms with Crippen molar-refractivity contribution in [2.24, 2.45) is 0 Å². The molecule has 3 N–H and O–H groups in total. The van der Waals surface area contributed by atoms with Crippen molar-refractivity contribution < 1.29 is 19.8 Å². The number of amides is 1. The largest absolute Gasteiger partial charge is 0.479 e. The Morgan fingerprint density at radius 2 is 2.30 bits per heavy atom. The molecule has 9 heteroatoms. The van der Waals surface area contributed by atoms with Crippen LogP contribution < -0.4 is 5.32 Å². The van der Waals surface area contributed by atoms with E-state index in [1.807, 2.05) is 16.0 Å². The number of aliphatic hydroxyl groups is 1. The van der Waals surface area contributed by atoms with E-state index in [0.717, 1.165) is 15.3 Å². The molecular weight excluding hydrogens is 302 g/mol. The fraction of sp³-hybridized carbons (Fsp3) is 0.182. The molecule has 0 aliphatic heterocycles. The van der Waals surface area contributed by atoms with E-state index < -0.39 is 18.0 Å². The molecule has 104 valence electrons. The van der Waals surface area contributed by atoms with Crippen molar-refractivity contribution >= 4 is 49.9 Å². The second-order valence-electron chi connectivity index (χ2n) is 4.03. The van der Waals surface area contributed by atoms with Crippen LogP contribution in [0, 0.1) is 0 Å². The molecule has 0 radical (unpaired) electrons. The van der Waals surface area contributed by atoms with E-state index in [-0.39, 0.29) is 6.54 Å². The van der Waals surface area contributed by atoms with Crippen LogP contribution in [0.2, 0.25) is 0 Å². The summed E-state index contributed by atoms with van der Waals surface area (Å²) in [6.07, 6.45) is 0.270. The third-order valence-corrected chi connectivity index (χ3v) is 4.48. The lowest BCUT2D eigenvalue weighted by atomic mass is 10.3. The maximum absolute atomic E-state index is 11.9. The van der Waals surface area contributed by atoms with Gasteiger partial charge in [-0.3, -0.25) is 9.20 Å². The number of nitrogens with zero attached hydrogens (tertiary/aromatic N) is 2. The summed E-state index contributed by atoms with van der Waals surface area (Å²) in [6, 6.07) is 1.70. The average molecular weight is 311 g/mol. The highest BCUT2D eigenvalue weighted by Gasteiger charge is 2.18. The van der Waals surface area contributed by atoms with E-state index in [1.54, 1.807) is 6.07 Å². The van der Waals surface area contributed by atoms with Gasteiger partial charge in [0, 0.05) is 11.6 Å². The summed E-state index contributed by atoms with van der Waals surface area (Å²) in [5, 5.41) is 21.9. The Labute approximate surface area is 120 Å². The predicted molar refractivity (Wildman–Crippen MR) is 74.4 cm³/mol. The number of fused-ring (bicyclic) bond motifs is 3. The van der Waals surface area contributed by atoms with Gasteiger partial charge in [0.25, 0.3) is 5.91 Å². The number of aromatic nitrogens is 2. The zero-order chi connectivity index (χ0) is 14.3. The van der Waals surface area contributed by atoms with Crippen molar-refractivity contribution in [3.05, 3.63) is 22.5 Å². The molecule has 3 aromatic heterocycles. The van der Waals surface area contributed by atoms with Crippen molar-refractivity contribution in [2.45, 2.75) is 6.10 Å². The molecule has 20 heavy (non-hydrogen) atoms. The van der Waals surface area contributed by atoms with E-state index in [9.17, 15) is 9.59 Å². The monoisotopic (exact) mass is 311 g/mol. The van der Waals surface area contributed by atoms with Gasteiger partial charge in [0.2, 0.25) is 0 Å². The molecule has 0 spiro atoms. The molecule has 3 rings (SSSR count). The molecule has 3 aromatic rings. The molecule has 1 amide bonds. The maximum Gasteiger partial charge on any atom is 0.334 e. The van der Waals surface area contributed by atoms with Crippen LogP contribution in [-0.4, -0.2) is 44.1 Å². The molecule has 0 aromatic carbocycles. The van der Waals surface area contributed by atoms with Crippen molar-refractivity contribution in [1.29, 1.82) is 0 Å². The average Bonchev–Trinajstić information content (AvgIpc) is 3.05. The van der Waals surface area contributed by atoms with E-state index in [0.29, 0.717) is 4.88 Å². The number of hydrogen-bond donors (Lipinski definition) is 3. The Kier molecular flexibility index (Phi) is 3.16. The minimum absolute atomic E-state index is 0.329. The number of nitrogens with one attached hydrogen (secondary N) is 1. The summed E-state index contributed by atoms with van der Waals surface area (Å²) in [7, 11) is 0. The number of carboxylic acids is 1. The van der Waals surface area contributed by atoms with Crippen molar-refractivity contribution in [3.63, 3.8) is 0 Å². The highest BCUT2D eigenvalue weighted by atomic mass is 32.1.